The minimum Gasteiger partial charge on any atom is -0.497 e. The van der Waals surface area contributed by atoms with Crippen LogP contribution in [0.25, 0.3) is 0 Å². The maximum atomic E-state index is 13.4. The number of halogens is 2. The van der Waals surface area contributed by atoms with E-state index in [0.717, 1.165) is 23.4 Å². The molecule has 29 heavy (non-hydrogen) atoms. The molecule has 0 saturated carbocycles. The molecule has 0 radical (unpaired) electrons. The van der Waals surface area contributed by atoms with Crippen molar-refractivity contribution in [3.8, 4) is 5.75 Å². The number of hydrogen-bond donors (Lipinski definition) is 0. The zero-order chi connectivity index (χ0) is 21.0. The fraction of sp³-hybridized carbons (Fsp3) is 0.350. The second-order valence-electron chi connectivity index (χ2n) is 6.71. The van der Waals surface area contributed by atoms with Crippen LogP contribution >= 0.6 is 0 Å². The molecule has 3 rings (SSSR count). The van der Waals surface area contributed by atoms with Crippen molar-refractivity contribution in [2.45, 2.75) is 17.7 Å². The summed E-state index contributed by atoms with van der Waals surface area (Å²) in [6.07, 6.45) is 0.868. The van der Waals surface area contributed by atoms with Crippen LogP contribution in [0.3, 0.4) is 0 Å². The first-order chi connectivity index (χ1) is 13.8. The highest BCUT2D eigenvalue weighted by Gasteiger charge is 2.30. The summed E-state index contributed by atoms with van der Waals surface area (Å²) in [5.74, 6) is -1.64. The maximum Gasteiger partial charge on any atom is 0.243 e. The SMILES string of the molecule is COc1cccc(CCC(=O)N2CCN(S(=O)(=O)c3ccc(F)c(F)c3)CC2)c1. The lowest BCUT2D eigenvalue weighted by Gasteiger charge is -2.34. The number of piperazine rings is 1. The Morgan fingerprint density at radius 1 is 1.03 bits per heavy atom. The largest absolute Gasteiger partial charge is 0.497 e. The molecule has 156 valence electrons. The summed E-state index contributed by atoms with van der Waals surface area (Å²) in [5.41, 5.74) is 0.984. The van der Waals surface area contributed by atoms with Crippen LogP contribution in [0.15, 0.2) is 47.4 Å². The summed E-state index contributed by atoms with van der Waals surface area (Å²) < 4.78 is 58.1. The lowest BCUT2D eigenvalue weighted by Crippen LogP contribution is -2.50. The van der Waals surface area contributed by atoms with Gasteiger partial charge in [0.25, 0.3) is 0 Å². The first kappa shape index (κ1) is 21.2. The molecule has 1 heterocycles. The Morgan fingerprint density at radius 2 is 1.76 bits per heavy atom. The predicted octanol–water partition coefficient (Wildman–Crippen LogP) is 2.44. The molecule has 1 saturated heterocycles. The number of hydrogen-bond acceptors (Lipinski definition) is 4. The van der Waals surface area contributed by atoms with E-state index < -0.39 is 21.7 Å². The number of nitrogens with zero attached hydrogens (tertiary/aromatic N) is 2. The second-order valence-corrected chi connectivity index (χ2v) is 8.65. The van der Waals surface area contributed by atoms with Crippen molar-refractivity contribution in [3.05, 3.63) is 59.7 Å². The zero-order valence-electron chi connectivity index (χ0n) is 16.0. The van der Waals surface area contributed by atoms with Crippen LogP contribution in [0.5, 0.6) is 5.75 Å². The molecule has 0 N–H and O–H groups in total. The van der Waals surface area contributed by atoms with Crippen molar-refractivity contribution >= 4 is 15.9 Å². The molecule has 0 bridgehead atoms. The molecule has 2 aromatic carbocycles. The average molecular weight is 424 g/mol. The molecular formula is C20H22F2N2O4S. The predicted molar refractivity (Wildman–Crippen MR) is 103 cm³/mol. The van der Waals surface area contributed by atoms with E-state index in [9.17, 15) is 22.0 Å². The molecule has 1 aliphatic heterocycles. The molecule has 1 aliphatic rings. The summed E-state index contributed by atoms with van der Waals surface area (Å²) >= 11 is 0. The van der Waals surface area contributed by atoms with Crippen LogP contribution in [-0.4, -0.2) is 56.8 Å². The van der Waals surface area contributed by atoms with Gasteiger partial charge in [-0.05, 0) is 42.3 Å². The Bertz CT molecular complexity index is 990. The quantitative estimate of drug-likeness (QED) is 0.715. The lowest BCUT2D eigenvalue weighted by molar-refractivity contribution is -0.132. The molecular weight excluding hydrogens is 402 g/mol. The molecule has 6 nitrogen and oxygen atoms in total. The summed E-state index contributed by atoms with van der Waals surface area (Å²) in [6.45, 7) is 0.707. The van der Waals surface area contributed by atoms with E-state index >= 15 is 0 Å². The minimum atomic E-state index is -3.94. The van der Waals surface area contributed by atoms with Gasteiger partial charge in [0.05, 0.1) is 12.0 Å². The van der Waals surface area contributed by atoms with E-state index in [1.54, 1.807) is 12.0 Å². The number of methoxy groups -OCH3 is 1. The minimum absolute atomic E-state index is 0.0577. The Hall–Kier alpha value is -2.52. The third-order valence-electron chi connectivity index (χ3n) is 4.88. The van der Waals surface area contributed by atoms with Gasteiger partial charge in [-0.2, -0.15) is 4.31 Å². The molecule has 1 amide bonds. The first-order valence-corrected chi connectivity index (χ1v) is 10.6. The summed E-state index contributed by atoms with van der Waals surface area (Å²) in [4.78, 5) is 13.8. The van der Waals surface area contributed by atoms with Crippen molar-refractivity contribution in [3.63, 3.8) is 0 Å². The fourth-order valence-electron chi connectivity index (χ4n) is 3.20. The number of amides is 1. The van der Waals surface area contributed by atoms with Crippen LogP contribution in [0.4, 0.5) is 8.78 Å². The number of carbonyl (C=O) groups is 1. The van der Waals surface area contributed by atoms with Crippen LogP contribution in [-0.2, 0) is 21.2 Å². The van der Waals surface area contributed by atoms with Crippen molar-refractivity contribution in [2.24, 2.45) is 0 Å². The van der Waals surface area contributed by atoms with Gasteiger partial charge in [-0.3, -0.25) is 4.79 Å². The highest BCUT2D eigenvalue weighted by molar-refractivity contribution is 7.89. The highest BCUT2D eigenvalue weighted by Crippen LogP contribution is 2.20. The number of ether oxygens (including phenoxy) is 1. The number of aryl methyl sites for hydroxylation is 1. The molecule has 0 unspecified atom stereocenters. The Balaban J connectivity index is 1.56. The maximum absolute atomic E-state index is 13.4. The first-order valence-electron chi connectivity index (χ1n) is 9.17. The van der Waals surface area contributed by atoms with Crippen LogP contribution in [0.1, 0.15) is 12.0 Å². The van der Waals surface area contributed by atoms with Gasteiger partial charge in [0.2, 0.25) is 15.9 Å². The normalized spacial score (nSPS) is 15.3. The van der Waals surface area contributed by atoms with Crippen LogP contribution < -0.4 is 4.74 Å². The molecule has 0 aromatic heterocycles. The third-order valence-corrected chi connectivity index (χ3v) is 6.78. The van der Waals surface area contributed by atoms with E-state index in [4.69, 9.17) is 4.74 Å². The molecule has 0 spiro atoms. The van der Waals surface area contributed by atoms with Gasteiger partial charge in [0.15, 0.2) is 11.6 Å². The number of carbonyl (C=O) groups excluding carboxylic acids is 1. The van der Waals surface area contributed by atoms with Gasteiger partial charge in [0.1, 0.15) is 5.75 Å². The number of rotatable bonds is 6. The van der Waals surface area contributed by atoms with Crippen molar-refractivity contribution in [2.75, 3.05) is 33.3 Å². The van der Waals surface area contributed by atoms with E-state index in [-0.39, 0.29) is 37.0 Å². The molecule has 0 aliphatic carbocycles. The van der Waals surface area contributed by atoms with Gasteiger partial charge in [-0.25, -0.2) is 17.2 Å². The van der Waals surface area contributed by atoms with Gasteiger partial charge in [-0.1, -0.05) is 12.1 Å². The second kappa shape index (κ2) is 8.87. The number of sulfonamides is 1. The topological polar surface area (TPSA) is 66.9 Å². The Kier molecular flexibility index (Phi) is 6.49. The van der Waals surface area contributed by atoms with Gasteiger partial charge in [-0.15, -0.1) is 0 Å². The van der Waals surface area contributed by atoms with Crippen LogP contribution in [0, 0.1) is 11.6 Å². The summed E-state index contributed by atoms with van der Waals surface area (Å²) in [6, 6.07) is 10.00. The summed E-state index contributed by atoms with van der Waals surface area (Å²) in [7, 11) is -2.36. The van der Waals surface area contributed by atoms with Crippen LogP contribution in [0.2, 0.25) is 0 Å². The fourth-order valence-corrected chi connectivity index (χ4v) is 4.64. The Labute approximate surface area is 168 Å². The standard InChI is InChI=1S/C20H22F2N2O4S/c1-28-16-4-2-3-15(13-16)5-8-20(25)23-9-11-24(12-10-23)29(26,27)17-6-7-18(21)19(22)14-17/h2-4,6-7,13-14H,5,8-12H2,1H3. The smallest absolute Gasteiger partial charge is 0.243 e. The van der Waals surface area contributed by atoms with Gasteiger partial charge < -0.3 is 9.64 Å². The third kappa shape index (κ3) is 4.91. The summed E-state index contributed by atoms with van der Waals surface area (Å²) in [5, 5.41) is 0. The van der Waals surface area contributed by atoms with Crippen molar-refractivity contribution in [1.82, 2.24) is 9.21 Å². The molecule has 1 fully saturated rings. The molecule has 9 heteroatoms. The van der Waals surface area contributed by atoms with E-state index in [0.29, 0.717) is 18.9 Å². The molecule has 2 aromatic rings. The van der Waals surface area contributed by atoms with Crippen molar-refractivity contribution < 1.29 is 26.7 Å². The van der Waals surface area contributed by atoms with E-state index in [1.165, 1.54) is 4.31 Å². The van der Waals surface area contributed by atoms with Crippen molar-refractivity contribution in [1.29, 1.82) is 0 Å². The highest BCUT2D eigenvalue weighted by atomic mass is 32.2. The average Bonchev–Trinajstić information content (AvgIpc) is 2.74. The molecule has 0 atom stereocenters. The van der Waals surface area contributed by atoms with E-state index in [1.807, 2.05) is 24.3 Å². The Morgan fingerprint density at radius 3 is 2.41 bits per heavy atom. The number of benzene rings is 2. The zero-order valence-corrected chi connectivity index (χ0v) is 16.8. The van der Waals surface area contributed by atoms with Gasteiger partial charge >= 0.3 is 0 Å². The monoisotopic (exact) mass is 424 g/mol. The van der Waals surface area contributed by atoms with E-state index in [2.05, 4.69) is 0 Å². The lowest BCUT2D eigenvalue weighted by atomic mass is 10.1. The van der Waals surface area contributed by atoms with Gasteiger partial charge in [0, 0.05) is 32.6 Å².